The van der Waals surface area contributed by atoms with Crippen LogP contribution >= 0.6 is 0 Å². The third-order valence-electron chi connectivity index (χ3n) is 4.80. The lowest BCUT2D eigenvalue weighted by Gasteiger charge is -2.28. The zero-order valence-corrected chi connectivity index (χ0v) is 11.8. The van der Waals surface area contributed by atoms with Crippen molar-refractivity contribution in [3.8, 4) is 0 Å². The lowest BCUT2D eigenvalue weighted by atomic mass is 9.83. The van der Waals surface area contributed by atoms with Crippen molar-refractivity contribution in [1.82, 2.24) is 9.55 Å². The van der Waals surface area contributed by atoms with Gasteiger partial charge in [-0.25, -0.2) is 9.78 Å². The number of imidazole rings is 1. The predicted molar refractivity (Wildman–Crippen MR) is 77.9 cm³/mol. The van der Waals surface area contributed by atoms with Crippen LogP contribution in [0.3, 0.4) is 0 Å². The molecule has 0 atom stereocenters. The second-order valence-corrected chi connectivity index (χ2v) is 5.91. The summed E-state index contributed by atoms with van der Waals surface area (Å²) in [6.07, 6.45) is 8.11. The van der Waals surface area contributed by atoms with Crippen molar-refractivity contribution in [3.63, 3.8) is 0 Å². The topological polar surface area (TPSA) is 55.1 Å². The minimum absolute atomic E-state index is 0.290. The van der Waals surface area contributed by atoms with Crippen molar-refractivity contribution >= 4 is 17.0 Å². The summed E-state index contributed by atoms with van der Waals surface area (Å²) in [5.74, 6) is -0.910. The molecule has 1 N–H and O–H groups in total. The Morgan fingerprint density at radius 1 is 1.40 bits per heavy atom. The molecule has 20 heavy (non-hydrogen) atoms. The summed E-state index contributed by atoms with van der Waals surface area (Å²) in [7, 11) is 0. The molecule has 1 fully saturated rings. The molecule has 4 nitrogen and oxygen atoms in total. The van der Waals surface area contributed by atoms with Gasteiger partial charge >= 0.3 is 5.97 Å². The number of hydrogen-bond donors (Lipinski definition) is 1. The molecular formula is C16H20N2O2. The first-order valence-corrected chi connectivity index (χ1v) is 7.32. The number of aromatic nitrogens is 2. The maximum Gasteiger partial charge on any atom is 0.337 e. The van der Waals surface area contributed by atoms with Crippen LogP contribution in [0.25, 0.3) is 11.0 Å². The first-order valence-electron chi connectivity index (χ1n) is 7.32. The summed E-state index contributed by atoms with van der Waals surface area (Å²) in [6, 6.07) is 5.39. The quantitative estimate of drug-likeness (QED) is 0.923. The number of fused-ring (bicyclic) bond motifs is 1. The van der Waals surface area contributed by atoms with Crippen LogP contribution in [0.15, 0.2) is 24.5 Å². The molecule has 2 aromatic rings. The fraction of sp³-hybridized carbons (Fsp3) is 0.500. The van der Waals surface area contributed by atoms with Crippen LogP contribution in [0.4, 0.5) is 0 Å². The Labute approximate surface area is 118 Å². The first-order chi connectivity index (χ1) is 9.65. The van der Waals surface area contributed by atoms with Crippen LogP contribution in [-0.2, 0) is 6.54 Å². The number of benzene rings is 1. The van der Waals surface area contributed by atoms with Crippen LogP contribution in [0.5, 0.6) is 0 Å². The zero-order valence-electron chi connectivity index (χ0n) is 11.8. The molecule has 4 heteroatoms. The molecular weight excluding hydrogens is 252 g/mol. The highest BCUT2D eigenvalue weighted by molar-refractivity contribution is 6.00. The zero-order chi connectivity index (χ0) is 14.2. The third kappa shape index (κ3) is 2.09. The van der Waals surface area contributed by atoms with Gasteiger partial charge in [0.2, 0.25) is 0 Å². The largest absolute Gasteiger partial charge is 0.478 e. The van der Waals surface area contributed by atoms with Crippen LogP contribution in [-0.4, -0.2) is 20.6 Å². The molecule has 0 saturated heterocycles. The molecule has 1 aromatic heterocycles. The van der Waals surface area contributed by atoms with Crippen molar-refractivity contribution in [2.75, 3.05) is 0 Å². The van der Waals surface area contributed by atoms with E-state index >= 15 is 0 Å². The van der Waals surface area contributed by atoms with E-state index in [1.54, 1.807) is 18.5 Å². The molecule has 0 unspecified atom stereocenters. The second-order valence-electron chi connectivity index (χ2n) is 5.91. The summed E-state index contributed by atoms with van der Waals surface area (Å²) in [5, 5.41) is 9.22. The molecule has 0 amide bonds. The molecule has 0 bridgehead atoms. The van der Waals surface area contributed by atoms with E-state index in [1.165, 1.54) is 32.1 Å². The molecule has 1 heterocycles. The Morgan fingerprint density at radius 3 is 2.80 bits per heavy atom. The van der Waals surface area contributed by atoms with Gasteiger partial charge in [0.25, 0.3) is 0 Å². The first kappa shape index (κ1) is 13.2. The van der Waals surface area contributed by atoms with Crippen molar-refractivity contribution in [2.45, 2.75) is 45.6 Å². The highest BCUT2D eigenvalue weighted by atomic mass is 16.4. The average molecular weight is 272 g/mol. The van der Waals surface area contributed by atoms with Gasteiger partial charge in [-0.05, 0) is 36.8 Å². The summed E-state index contributed by atoms with van der Waals surface area (Å²) < 4.78 is 2.14. The number of rotatable bonds is 4. The van der Waals surface area contributed by atoms with Crippen molar-refractivity contribution in [2.24, 2.45) is 5.41 Å². The lowest BCUT2D eigenvalue weighted by Crippen LogP contribution is -2.22. The van der Waals surface area contributed by atoms with Gasteiger partial charge in [-0.2, -0.15) is 0 Å². The van der Waals surface area contributed by atoms with E-state index in [4.69, 9.17) is 0 Å². The summed E-state index contributed by atoms with van der Waals surface area (Å²) in [6.45, 7) is 3.20. The Balaban J connectivity index is 2.01. The normalized spacial score (nSPS) is 17.6. The molecule has 0 radical (unpaired) electrons. The van der Waals surface area contributed by atoms with Gasteiger partial charge in [0.1, 0.15) is 5.52 Å². The molecule has 0 aliphatic heterocycles. The molecule has 1 saturated carbocycles. The van der Waals surface area contributed by atoms with E-state index < -0.39 is 5.97 Å². The highest BCUT2D eigenvalue weighted by Crippen LogP contribution is 2.42. The molecule has 1 aliphatic carbocycles. The van der Waals surface area contributed by atoms with Crippen LogP contribution in [0, 0.1) is 5.41 Å². The molecule has 3 rings (SSSR count). The van der Waals surface area contributed by atoms with Crippen molar-refractivity contribution in [3.05, 3.63) is 30.1 Å². The van der Waals surface area contributed by atoms with Crippen LogP contribution in [0.1, 0.15) is 49.4 Å². The van der Waals surface area contributed by atoms with E-state index in [-0.39, 0.29) is 0 Å². The maximum absolute atomic E-state index is 11.2. The fourth-order valence-electron chi connectivity index (χ4n) is 3.50. The number of nitrogens with zero attached hydrogens (tertiary/aromatic N) is 2. The van der Waals surface area contributed by atoms with E-state index in [0.29, 0.717) is 16.5 Å². The maximum atomic E-state index is 11.2. The Morgan fingerprint density at radius 2 is 2.15 bits per heavy atom. The molecule has 106 valence electrons. The Bertz CT molecular complexity index is 639. The van der Waals surface area contributed by atoms with Crippen LogP contribution < -0.4 is 0 Å². The van der Waals surface area contributed by atoms with Crippen molar-refractivity contribution in [1.29, 1.82) is 0 Å². The average Bonchev–Trinajstić information content (AvgIpc) is 3.07. The van der Waals surface area contributed by atoms with Crippen molar-refractivity contribution < 1.29 is 9.90 Å². The number of carboxylic acid groups (broad SMARTS) is 1. The number of para-hydroxylation sites is 1. The smallest absolute Gasteiger partial charge is 0.337 e. The van der Waals surface area contributed by atoms with Gasteiger partial charge in [0.15, 0.2) is 0 Å². The lowest BCUT2D eigenvalue weighted by molar-refractivity contribution is 0.0699. The van der Waals surface area contributed by atoms with E-state index in [0.717, 1.165) is 12.1 Å². The van der Waals surface area contributed by atoms with Gasteiger partial charge in [-0.15, -0.1) is 0 Å². The number of carboxylic acids is 1. The predicted octanol–water partition coefficient (Wildman–Crippen LogP) is 3.70. The van der Waals surface area contributed by atoms with Gasteiger partial charge in [0, 0.05) is 6.54 Å². The Hall–Kier alpha value is -1.84. The summed E-state index contributed by atoms with van der Waals surface area (Å²) in [5.41, 5.74) is 2.19. The standard InChI is InChI=1S/C16H20N2O2/c1-2-16(8-3-4-9-16)10-18-11-17-14-12(15(19)20)6-5-7-13(14)18/h5-7,11H,2-4,8-10H2,1H3,(H,19,20). The van der Waals surface area contributed by atoms with E-state index in [1.807, 2.05) is 6.07 Å². The highest BCUT2D eigenvalue weighted by Gasteiger charge is 2.32. The minimum atomic E-state index is -0.910. The third-order valence-corrected chi connectivity index (χ3v) is 4.80. The monoisotopic (exact) mass is 272 g/mol. The van der Waals surface area contributed by atoms with Gasteiger partial charge in [0.05, 0.1) is 17.4 Å². The number of aromatic carboxylic acids is 1. The Kier molecular flexibility index (Phi) is 3.24. The summed E-state index contributed by atoms with van der Waals surface area (Å²) >= 11 is 0. The molecule has 1 aliphatic rings. The van der Waals surface area contributed by atoms with Gasteiger partial charge in [-0.3, -0.25) is 0 Å². The fourth-order valence-corrected chi connectivity index (χ4v) is 3.50. The SMILES string of the molecule is CCC1(Cn2cnc3c(C(=O)O)cccc32)CCCC1. The van der Waals surface area contributed by atoms with Crippen LogP contribution in [0.2, 0.25) is 0 Å². The summed E-state index contributed by atoms with van der Waals surface area (Å²) in [4.78, 5) is 15.6. The van der Waals surface area contributed by atoms with E-state index in [9.17, 15) is 9.90 Å². The van der Waals surface area contributed by atoms with Gasteiger partial charge in [-0.1, -0.05) is 25.8 Å². The second kappa shape index (κ2) is 4.93. The molecule has 1 aromatic carbocycles. The number of carbonyl (C=O) groups is 1. The minimum Gasteiger partial charge on any atom is -0.478 e. The molecule has 0 spiro atoms. The van der Waals surface area contributed by atoms with E-state index in [2.05, 4.69) is 16.5 Å². The van der Waals surface area contributed by atoms with Gasteiger partial charge < -0.3 is 9.67 Å². The number of hydrogen-bond acceptors (Lipinski definition) is 2.